The zero-order chi connectivity index (χ0) is 14.4. The lowest BCUT2D eigenvalue weighted by atomic mass is 9.96. The van der Waals surface area contributed by atoms with Gasteiger partial charge in [0.2, 0.25) is 0 Å². The van der Waals surface area contributed by atoms with E-state index in [0.717, 1.165) is 12.8 Å². The molecular formula is C18H24O2. The molecule has 2 unspecified atom stereocenters. The van der Waals surface area contributed by atoms with Crippen LogP contribution in [-0.4, -0.2) is 23.9 Å². The lowest BCUT2D eigenvalue weighted by Crippen LogP contribution is -2.31. The van der Waals surface area contributed by atoms with Crippen molar-refractivity contribution in [3.63, 3.8) is 0 Å². The van der Waals surface area contributed by atoms with E-state index in [9.17, 15) is 5.11 Å². The highest BCUT2D eigenvalue weighted by atomic mass is 16.5. The summed E-state index contributed by atoms with van der Waals surface area (Å²) in [6.45, 7) is 4.75. The highest BCUT2D eigenvalue weighted by Gasteiger charge is 2.19. The molecule has 0 radical (unpaired) electrons. The maximum Gasteiger partial charge on any atom is 0.0842 e. The first-order valence-electron chi connectivity index (χ1n) is 7.52. The number of aliphatic hydroxyl groups is 1. The summed E-state index contributed by atoms with van der Waals surface area (Å²) >= 11 is 0. The van der Waals surface area contributed by atoms with E-state index in [2.05, 4.69) is 37.3 Å². The summed E-state index contributed by atoms with van der Waals surface area (Å²) in [5, 5.41) is 12.9. The van der Waals surface area contributed by atoms with Crippen molar-refractivity contribution in [2.45, 2.75) is 45.3 Å². The van der Waals surface area contributed by atoms with Gasteiger partial charge in [0, 0.05) is 13.0 Å². The maximum atomic E-state index is 10.5. The molecule has 2 rings (SSSR count). The summed E-state index contributed by atoms with van der Waals surface area (Å²) in [6.07, 6.45) is 2.06. The average molecular weight is 272 g/mol. The Morgan fingerprint density at radius 3 is 2.55 bits per heavy atom. The van der Waals surface area contributed by atoms with Crippen molar-refractivity contribution in [3.05, 3.63) is 48.0 Å². The zero-order valence-corrected chi connectivity index (χ0v) is 12.4. The van der Waals surface area contributed by atoms with Crippen LogP contribution < -0.4 is 0 Å². The van der Waals surface area contributed by atoms with Crippen LogP contribution in [0.15, 0.2) is 42.5 Å². The van der Waals surface area contributed by atoms with Gasteiger partial charge in [-0.25, -0.2) is 0 Å². The van der Waals surface area contributed by atoms with Crippen LogP contribution in [0.5, 0.6) is 0 Å². The first-order valence-corrected chi connectivity index (χ1v) is 7.52. The number of hydrogen-bond acceptors (Lipinski definition) is 2. The lowest BCUT2D eigenvalue weighted by Gasteiger charge is -2.23. The Bertz CT molecular complexity index is 524. The molecule has 0 aliphatic heterocycles. The third kappa shape index (κ3) is 3.59. The van der Waals surface area contributed by atoms with Crippen LogP contribution in [0, 0.1) is 0 Å². The topological polar surface area (TPSA) is 29.5 Å². The van der Waals surface area contributed by atoms with E-state index in [-0.39, 0.29) is 6.10 Å². The van der Waals surface area contributed by atoms with E-state index in [0.29, 0.717) is 13.0 Å². The minimum Gasteiger partial charge on any atom is -0.390 e. The fraction of sp³-hybridized carbons (Fsp3) is 0.444. The smallest absolute Gasteiger partial charge is 0.0842 e. The van der Waals surface area contributed by atoms with E-state index < -0.39 is 6.10 Å². The van der Waals surface area contributed by atoms with Crippen LogP contribution in [0.25, 0.3) is 10.8 Å². The summed E-state index contributed by atoms with van der Waals surface area (Å²) in [6, 6.07) is 14.6. The molecule has 2 aromatic carbocycles. The average Bonchev–Trinajstić information content (AvgIpc) is 2.47. The van der Waals surface area contributed by atoms with Crippen molar-refractivity contribution in [3.8, 4) is 0 Å². The van der Waals surface area contributed by atoms with Crippen LogP contribution in [0.4, 0.5) is 0 Å². The molecule has 20 heavy (non-hydrogen) atoms. The van der Waals surface area contributed by atoms with E-state index in [1.54, 1.807) is 0 Å². The second kappa shape index (κ2) is 7.41. The van der Waals surface area contributed by atoms with Gasteiger partial charge in [0.1, 0.15) is 0 Å². The first-order chi connectivity index (χ1) is 9.76. The van der Waals surface area contributed by atoms with Crippen LogP contribution in [0.1, 0.15) is 32.3 Å². The van der Waals surface area contributed by atoms with Gasteiger partial charge in [0.25, 0.3) is 0 Å². The van der Waals surface area contributed by atoms with Crippen LogP contribution >= 0.6 is 0 Å². The predicted octanol–water partition coefficient (Wildman–Crippen LogP) is 3.95. The highest BCUT2D eigenvalue weighted by molar-refractivity contribution is 5.85. The van der Waals surface area contributed by atoms with E-state index in [1.165, 1.54) is 16.3 Å². The quantitative estimate of drug-likeness (QED) is 0.827. The van der Waals surface area contributed by atoms with Gasteiger partial charge in [-0.3, -0.25) is 0 Å². The minimum atomic E-state index is -0.444. The second-order valence-electron chi connectivity index (χ2n) is 5.19. The number of rotatable bonds is 7. The van der Waals surface area contributed by atoms with Crippen LogP contribution in [0.3, 0.4) is 0 Å². The summed E-state index contributed by atoms with van der Waals surface area (Å²) in [4.78, 5) is 0. The number of benzene rings is 2. The molecule has 0 aliphatic carbocycles. The van der Waals surface area contributed by atoms with Crippen LogP contribution in [0.2, 0.25) is 0 Å². The third-order valence-corrected chi connectivity index (χ3v) is 3.69. The first kappa shape index (κ1) is 15.0. The third-order valence-electron chi connectivity index (χ3n) is 3.69. The molecule has 0 saturated heterocycles. The maximum absolute atomic E-state index is 10.5. The molecule has 0 heterocycles. The monoisotopic (exact) mass is 272 g/mol. The molecular weight excluding hydrogens is 248 g/mol. The SMILES string of the molecule is CCCC(OCC)C(O)Cc1cccc2ccccc12. The standard InChI is InChI=1S/C18H24O2/c1-3-8-18(20-4-2)17(19)13-15-11-7-10-14-9-5-6-12-16(14)15/h5-7,9-12,17-19H,3-4,8,13H2,1-2H3. The van der Waals surface area contributed by atoms with Gasteiger partial charge in [-0.2, -0.15) is 0 Å². The van der Waals surface area contributed by atoms with Gasteiger partial charge >= 0.3 is 0 Å². The predicted molar refractivity (Wildman–Crippen MR) is 84.0 cm³/mol. The summed E-state index contributed by atoms with van der Waals surface area (Å²) < 4.78 is 5.68. The van der Waals surface area contributed by atoms with Gasteiger partial charge in [-0.1, -0.05) is 55.8 Å². The summed E-state index contributed by atoms with van der Waals surface area (Å²) in [5.41, 5.74) is 1.19. The molecule has 0 saturated carbocycles. The van der Waals surface area contributed by atoms with Crippen molar-refractivity contribution in [2.75, 3.05) is 6.61 Å². The van der Waals surface area contributed by atoms with Crippen LogP contribution in [-0.2, 0) is 11.2 Å². The van der Waals surface area contributed by atoms with Crippen molar-refractivity contribution in [1.82, 2.24) is 0 Å². The Hall–Kier alpha value is -1.38. The lowest BCUT2D eigenvalue weighted by molar-refractivity contribution is -0.0362. The van der Waals surface area contributed by atoms with Gasteiger partial charge in [0.15, 0.2) is 0 Å². The second-order valence-corrected chi connectivity index (χ2v) is 5.19. The molecule has 0 fully saturated rings. The molecule has 108 valence electrons. The highest BCUT2D eigenvalue weighted by Crippen LogP contribution is 2.21. The summed E-state index contributed by atoms with van der Waals surface area (Å²) in [5.74, 6) is 0. The zero-order valence-electron chi connectivity index (χ0n) is 12.4. The van der Waals surface area contributed by atoms with E-state index in [1.807, 2.05) is 19.1 Å². The molecule has 2 atom stereocenters. The number of ether oxygens (including phenoxy) is 1. The molecule has 2 aromatic rings. The molecule has 0 aliphatic rings. The number of fused-ring (bicyclic) bond motifs is 1. The Labute approximate surface area is 121 Å². The molecule has 2 heteroatoms. The van der Waals surface area contributed by atoms with Gasteiger partial charge in [-0.15, -0.1) is 0 Å². The fourth-order valence-corrected chi connectivity index (χ4v) is 2.71. The van der Waals surface area contributed by atoms with Gasteiger partial charge < -0.3 is 9.84 Å². The molecule has 0 aromatic heterocycles. The fourth-order valence-electron chi connectivity index (χ4n) is 2.71. The Kier molecular flexibility index (Phi) is 5.57. The van der Waals surface area contributed by atoms with Crippen molar-refractivity contribution < 1.29 is 9.84 Å². The Balaban J connectivity index is 2.18. The molecule has 0 amide bonds. The largest absolute Gasteiger partial charge is 0.390 e. The molecule has 1 N–H and O–H groups in total. The molecule has 0 bridgehead atoms. The van der Waals surface area contributed by atoms with Gasteiger partial charge in [0.05, 0.1) is 12.2 Å². The summed E-state index contributed by atoms with van der Waals surface area (Å²) in [7, 11) is 0. The van der Waals surface area contributed by atoms with E-state index >= 15 is 0 Å². The van der Waals surface area contributed by atoms with Crippen molar-refractivity contribution in [2.24, 2.45) is 0 Å². The molecule has 2 nitrogen and oxygen atoms in total. The van der Waals surface area contributed by atoms with Crippen molar-refractivity contribution >= 4 is 10.8 Å². The Morgan fingerprint density at radius 1 is 1.05 bits per heavy atom. The number of hydrogen-bond donors (Lipinski definition) is 1. The Morgan fingerprint density at radius 2 is 1.80 bits per heavy atom. The number of aliphatic hydroxyl groups excluding tert-OH is 1. The van der Waals surface area contributed by atoms with E-state index in [4.69, 9.17) is 4.74 Å². The van der Waals surface area contributed by atoms with Gasteiger partial charge in [-0.05, 0) is 29.7 Å². The minimum absolute atomic E-state index is 0.0658. The van der Waals surface area contributed by atoms with Crippen molar-refractivity contribution in [1.29, 1.82) is 0 Å². The molecule has 0 spiro atoms. The normalized spacial score (nSPS) is 14.3.